The maximum Gasteiger partial charge on any atom is 0.269 e. The van der Waals surface area contributed by atoms with Crippen LogP contribution < -0.4 is 5.32 Å². The molecule has 1 saturated carbocycles. The number of hydrogen-bond acceptors (Lipinski definition) is 4. The van der Waals surface area contributed by atoms with Crippen molar-refractivity contribution in [2.24, 2.45) is 10.9 Å². The zero-order chi connectivity index (χ0) is 17.5. The summed E-state index contributed by atoms with van der Waals surface area (Å²) in [6, 6.07) is 17.1. The van der Waals surface area contributed by atoms with Gasteiger partial charge in [-0.1, -0.05) is 31.0 Å². The fourth-order valence-corrected chi connectivity index (χ4v) is 3.29. The van der Waals surface area contributed by atoms with Gasteiger partial charge in [0.05, 0.1) is 11.0 Å². The summed E-state index contributed by atoms with van der Waals surface area (Å²) in [5, 5.41) is 14.2. The molecule has 0 spiro atoms. The van der Waals surface area contributed by atoms with Crippen LogP contribution in [-0.4, -0.2) is 23.7 Å². The van der Waals surface area contributed by atoms with E-state index in [2.05, 4.69) is 17.4 Å². The molecule has 1 fully saturated rings. The highest BCUT2D eigenvalue weighted by Gasteiger charge is 2.23. The number of nitrogens with zero attached hydrogens (tertiary/aromatic N) is 2. The van der Waals surface area contributed by atoms with Crippen molar-refractivity contribution in [1.29, 1.82) is 0 Å². The first-order chi connectivity index (χ1) is 12.2. The van der Waals surface area contributed by atoms with Crippen molar-refractivity contribution in [2.75, 3.05) is 11.9 Å². The molecular weight excluding hydrogens is 314 g/mol. The Bertz CT molecular complexity index is 713. The second kappa shape index (κ2) is 8.42. The number of rotatable bonds is 6. The van der Waals surface area contributed by atoms with Crippen LogP contribution >= 0.6 is 0 Å². The first-order valence-corrected chi connectivity index (χ1v) is 8.79. The molecule has 0 saturated heterocycles. The van der Waals surface area contributed by atoms with Crippen molar-refractivity contribution in [3.63, 3.8) is 0 Å². The molecule has 0 aromatic heterocycles. The van der Waals surface area contributed by atoms with Gasteiger partial charge < -0.3 is 5.32 Å². The molecule has 130 valence electrons. The predicted molar refractivity (Wildman–Crippen MR) is 101 cm³/mol. The van der Waals surface area contributed by atoms with E-state index in [9.17, 15) is 10.1 Å². The highest BCUT2D eigenvalue weighted by atomic mass is 16.6. The number of nitro benzene ring substituents is 1. The maximum absolute atomic E-state index is 10.7. The zero-order valence-corrected chi connectivity index (χ0v) is 14.2. The van der Waals surface area contributed by atoms with Gasteiger partial charge in [-0.25, -0.2) is 0 Å². The lowest BCUT2D eigenvalue weighted by Crippen LogP contribution is -2.29. The van der Waals surface area contributed by atoms with E-state index >= 15 is 0 Å². The molecule has 0 radical (unpaired) electrons. The van der Waals surface area contributed by atoms with Gasteiger partial charge in [-0.2, -0.15) is 0 Å². The predicted octanol–water partition coefficient (Wildman–Crippen LogP) is 4.68. The number of hydrogen-bond donors (Lipinski definition) is 1. The number of nitrogens with one attached hydrogen (secondary N) is 1. The van der Waals surface area contributed by atoms with Crippen LogP contribution in [0.25, 0.3) is 0 Å². The topological polar surface area (TPSA) is 67.5 Å². The summed E-state index contributed by atoms with van der Waals surface area (Å²) >= 11 is 0. The van der Waals surface area contributed by atoms with Gasteiger partial charge in [0.2, 0.25) is 0 Å². The molecule has 1 N–H and O–H groups in total. The number of nitro groups is 1. The van der Waals surface area contributed by atoms with Gasteiger partial charge >= 0.3 is 0 Å². The number of benzene rings is 2. The lowest BCUT2D eigenvalue weighted by molar-refractivity contribution is -0.384. The van der Waals surface area contributed by atoms with E-state index in [0.717, 1.165) is 24.2 Å². The normalized spacial score (nSPS) is 20.5. The third-order valence-corrected chi connectivity index (χ3v) is 4.73. The highest BCUT2D eigenvalue weighted by molar-refractivity contribution is 5.80. The van der Waals surface area contributed by atoms with E-state index in [1.54, 1.807) is 12.1 Å². The summed E-state index contributed by atoms with van der Waals surface area (Å²) in [4.78, 5) is 15.1. The Kier molecular flexibility index (Phi) is 5.77. The summed E-state index contributed by atoms with van der Waals surface area (Å²) in [6.45, 7) is 0.923. The van der Waals surface area contributed by atoms with E-state index in [1.165, 1.54) is 31.4 Å². The Balaban J connectivity index is 1.61. The summed E-state index contributed by atoms with van der Waals surface area (Å²) in [7, 11) is 0. The molecule has 0 bridgehead atoms. The summed E-state index contributed by atoms with van der Waals surface area (Å²) < 4.78 is 0. The largest absolute Gasteiger partial charge is 0.385 e. The smallest absolute Gasteiger partial charge is 0.269 e. The van der Waals surface area contributed by atoms with E-state index in [4.69, 9.17) is 4.99 Å². The molecule has 2 atom stereocenters. The molecule has 0 amide bonds. The van der Waals surface area contributed by atoms with Gasteiger partial charge in [-0.15, -0.1) is 0 Å². The van der Waals surface area contributed by atoms with Crippen LogP contribution in [-0.2, 0) is 0 Å². The van der Waals surface area contributed by atoms with Gasteiger partial charge in [0.15, 0.2) is 0 Å². The number of non-ortho nitro benzene ring substituents is 1. The molecule has 0 aliphatic heterocycles. The summed E-state index contributed by atoms with van der Waals surface area (Å²) in [6.07, 6.45) is 6.61. The minimum atomic E-state index is -0.382. The van der Waals surface area contributed by atoms with E-state index in [-0.39, 0.29) is 10.6 Å². The minimum Gasteiger partial charge on any atom is -0.385 e. The SMILES string of the molecule is O=[N+]([O-])c1ccc(C=N[C@H]2CCCC[C@H]2CNc2ccccc2)cc1. The second-order valence-electron chi connectivity index (χ2n) is 6.49. The number of anilines is 1. The highest BCUT2D eigenvalue weighted by Crippen LogP contribution is 2.27. The van der Waals surface area contributed by atoms with Gasteiger partial charge in [0, 0.05) is 30.6 Å². The van der Waals surface area contributed by atoms with E-state index < -0.39 is 0 Å². The van der Waals surface area contributed by atoms with E-state index in [1.807, 2.05) is 24.4 Å². The Labute approximate surface area is 148 Å². The van der Waals surface area contributed by atoms with Crippen LogP contribution in [0.1, 0.15) is 31.2 Å². The Morgan fingerprint density at radius 1 is 1.08 bits per heavy atom. The average Bonchev–Trinajstić information content (AvgIpc) is 2.66. The molecule has 3 rings (SSSR count). The Morgan fingerprint density at radius 2 is 1.80 bits per heavy atom. The molecule has 0 heterocycles. The molecule has 1 aliphatic rings. The molecule has 0 unspecified atom stereocenters. The standard InChI is InChI=1S/C20H23N3O2/c24-23(25)19-12-10-16(11-13-19)14-22-20-9-5-4-6-17(20)15-21-18-7-2-1-3-8-18/h1-3,7-8,10-14,17,20-21H,4-6,9,15H2/t17-,20-/m0/s1. The first-order valence-electron chi connectivity index (χ1n) is 8.79. The van der Waals surface area contributed by atoms with Gasteiger partial charge in [-0.05, 0) is 48.6 Å². The fraction of sp³-hybridized carbons (Fsp3) is 0.350. The molecular formula is C20H23N3O2. The molecule has 2 aromatic rings. The van der Waals surface area contributed by atoms with Crippen molar-refractivity contribution in [1.82, 2.24) is 0 Å². The maximum atomic E-state index is 10.7. The molecule has 1 aliphatic carbocycles. The van der Waals surface area contributed by atoms with Gasteiger partial charge in [0.25, 0.3) is 5.69 Å². The second-order valence-corrected chi connectivity index (χ2v) is 6.49. The average molecular weight is 337 g/mol. The van der Waals surface area contributed by atoms with Gasteiger partial charge in [0.1, 0.15) is 0 Å². The fourth-order valence-electron chi connectivity index (χ4n) is 3.29. The monoisotopic (exact) mass is 337 g/mol. The summed E-state index contributed by atoms with van der Waals surface area (Å²) in [5.74, 6) is 0.517. The number of aliphatic imine (C=N–C) groups is 1. The molecule has 5 nitrogen and oxygen atoms in total. The Morgan fingerprint density at radius 3 is 2.52 bits per heavy atom. The third kappa shape index (κ3) is 4.89. The summed E-state index contributed by atoms with van der Waals surface area (Å²) in [5.41, 5.74) is 2.16. The van der Waals surface area contributed by atoms with Crippen LogP contribution in [0.5, 0.6) is 0 Å². The van der Waals surface area contributed by atoms with Gasteiger partial charge in [-0.3, -0.25) is 15.1 Å². The first kappa shape index (κ1) is 17.1. The Hall–Kier alpha value is -2.69. The van der Waals surface area contributed by atoms with Crippen LogP contribution in [0.2, 0.25) is 0 Å². The van der Waals surface area contributed by atoms with Crippen molar-refractivity contribution in [2.45, 2.75) is 31.7 Å². The van der Waals surface area contributed by atoms with Crippen molar-refractivity contribution in [3.05, 3.63) is 70.3 Å². The van der Waals surface area contributed by atoms with Crippen LogP contribution in [0.3, 0.4) is 0 Å². The lowest BCUT2D eigenvalue weighted by atomic mass is 9.84. The van der Waals surface area contributed by atoms with Crippen molar-refractivity contribution < 1.29 is 4.92 Å². The molecule has 5 heteroatoms. The lowest BCUT2D eigenvalue weighted by Gasteiger charge is -2.29. The quantitative estimate of drug-likeness (QED) is 0.472. The third-order valence-electron chi connectivity index (χ3n) is 4.73. The molecule has 2 aromatic carbocycles. The minimum absolute atomic E-state index is 0.111. The van der Waals surface area contributed by atoms with Crippen LogP contribution in [0.15, 0.2) is 59.6 Å². The van der Waals surface area contributed by atoms with Crippen molar-refractivity contribution >= 4 is 17.6 Å². The van der Waals surface area contributed by atoms with E-state index in [0.29, 0.717) is 12.0 Å². The van der Waals surface area contributed by atoms with Crippen LogP contribution in [0, 0.1) is 16.0 Å². The van der Waals surface area contributed by atoms with Crippen molar-refractivity contribution in [3.8, 4) is 0 Å². The van der Waals surface area contributed by atoms with Crippen LogP contribution in [0.4, 0.5) is 11.4 Å². The number of para-hydroxylation sites is 1. The molecule has 25 heavy (non-hydrogen) atoms. The zero-order valence-electron chi connectivity index (χ0n) is 14.2.